The number of ether oxygens (including phenoxy) is 5. The topological polar surface area (TPSA) is 198 Å². The van der Waals surface area contributed by atoms with Gasteiger partial charge < -0.3 is 58.7 Å². The molecule has 2 aliphatic rings. The first-order valence-electron chi connectivity index (χ1n) is 13.0. The van der Waals surface area contributed by atoms with Crippen LogP contribution in [-0.4, -0.2) is 93.6 Å². The zero-order valence-corrected chi connectivity index (χ0v) is 22.2. The van der Waals surface area contributed by atoms with E-state index in [4.69, 9.17) is 28.1 Å². The van der Waals surface area contributed by atoms with Crippen LogP contribution in [0.1, 0.15) is 19.8 Å². The standard InChI is InChI=1S/C28H32O13/c1-12-25(33)26(34)27(35)28(38-12)37-11-16-6-14(29)7-23(40-16)39-15-8-18(31)24-19(32)10-21(41-22(24)9-15)13-3-4-20(36-2)17(30)5-13/h3-5,8-10,12,14,16,23,25-31,33-35H,6-7,11H2,1-2H3/t12-,14-,16-,23+,25-,26+,27+,28+/m0/s1. The summed E-state index contributed by atoms with van der Waals surface area (Å²) in [6.45, 7) is 1.41. The molecule has 3 heterocycles. The quantitative estimate of drug-likeness (QED) is 0.233. The molecule has 0 unspecified atom stereocenters. The molecule has 0 spiro atoms. The van der Waals surface area contributed by atoms with Gasteiger partial charge in [0.15, 0.2) is 23.2 Å². The SMILES string of the molecule is COc1ccc(-c2cc(=O)c3c(O)cc(O[C@H]4C[C@@H](O)C[C@@H](CO[C@@H]5O[C@@H](C)[C@H](O)[C@@H](O)[C@H]5O)O4)cc3o2)cc1O. The lowest BCUT2D eigenvalue weighted by atomic mass is 10.00. The summed E-state index contributed by atoms with van der Waals surface area (Å²) >= 11 is 0. The second kappa shape index (κ2) is 11.8. The second-order valence-electron chi connectivity index (χ2n) is 10.1. The van der Waals surface area contributed by atoms with Crippen LogP contribution in [0.2, 0.25) is 0 Å². The molecule has 41 heavy (non-hydrogen) atoms. The van der Waals surface area contributed by atoms with Crippen molar-refractivity contribution >= 4 is 11.0 Å². The van der Waals surface area contributed by atoms with Crippen molar-refractivity contribution in [3.63, 3.8) is 0 Å². The molecule has 2 aliphatic heterocycles. The van der Waals surface area contributed by atoms with Crippen LogP contribution in [0.25, 0.3) is 22.3 Å². The first-order chi connectivity index (χ1) is 19.5. The molecule has 1 aromatic heterocycles. The largest absolute Gasteiger partial charge is 0.507 e. The summed E-state index contributed by atoms with van der Waals surface area (Å²) in [5.41, 5.74) is -0.0910. The van der Waals surface area contributed by atoms with E-state index < -0.39 is 54.6 Å². The number of fused-ring (bicyclic) bond motifs is 1. The summed E-state index contributed by atoms with van der Waals surface area (Å²) in [7, 11) is 1.41. The number of rotatable bonds is 7. The van der Waals surface area contributed by atoms with Gasteiger partial charge in [0.05, 0.1) is 32.0 Å². The van der Waals surface area contributed by atoms with Crippen LogP contribution >= 0.6 is 0 Å². The van der Waals surface area contributed by atoms with Crippen molar-refractivity contribution in [1.29, 1.82) is 0 Å². The smallest absolute Gasteiger partial charge is 0.202 e. The summed E-state index contributed by atoms with van der Waals surface area (Å²) < 4.78 is 33.7. The molecule has 3 aromatic rings. The van der Waals surface area contributed by atoms with E-state index >= 15 is 0 Å². The molecular formula is C28H32O13. The zero-order valence-electron chi connectivity index (χ0n) is 22.2. The van der Waals surface area contributed by atoms with Crippen molar-refractivity contribution in [2.75, 3.05) is 13.7 Å². The minimum Gasteiger partial charge on any atom is -0.507 e. The molecule has 2 saturated heterocycles. The Kier molecular flexibility index (Phi) is 8.38. The third kappa shape index (κ3) is 6.11. The molecule has 2 fully saturated rings. The summed E-state index contributed by atoms with van der Waals surface area (Å²) in [5, 5.41) is 61.0. The van der Waals surface area contributed by atoms with Gasteiger partial charge in [0.1, 0.15) is 46.5 Å². The molecule has 0 bridgehead atoms. The second-order valence-corrected chi connectivity index (χ2v) is 10.1. The first kappa shape index (κ1) is 29.1. The van der Waals surface area contributed by atoms with Crippen LogP contribution in [-0.2, 0) is 14.2 Å². The number of aliphatic hydroxyl groups is 4. The number of aliphatic hydroxyl groups excluding tert-OH is 4. The Morgan fingerprint density at radius 1 is 0.927 bits per heavy atom. The Labute approximate surface area is 233 Å². The van der Waals surface area contributed by atoms with Crippen molar-refractivity contribution in [1.82, 2.24) is 0 Å². The van der Waals surface area contributed by atoms with Gasteiger partial charge >= 0.3 is 0 Å². The number of methoxy groups -OCH3 is 1. The van der Waals surface area contributed by atoms with Gasteiger partial charge in [-0.15, -0.1) is 0 Å². The van der Waals surface area contributed by atoms with Gasteiger partial charge in [0, 0.05) is 36.6 Å². The number of phenolic OH excluding ortho intramolecular Hbond substituents is 2. The lowest BCUT2D eigenvalue weighted by molar-refractivity contribution is -0.303. The van der Waals surface area contributed by atoms with Crippen molar-refractivity contribution < 1.29 is 58.7 Å². The van der Waals surface area contributed by atoms with Gasteiger partial charge in [0.2, 0.25) is 6.29 Å². The Hall–Kier alpha value is -3.43. The summed E-state index contributed by atoms with van der Waals surface area (Å²) in [6, 6.07) is 8.33. The number of phenols is 2. The Morgan fingerprint density at radius 3 is 2.44 bits per heavy atom. The number of hydrogen-bond donors (Lipinski definition) is 6. The van der Waals surface area contributed by atoms with Crippen molar-refractivity contribution in [3.8, 4) is 34.3 Å². The fraction of sp³-hybridized carbons (Fsp3) is 0.464. The predicted molar refractivity (Wildman–Crippen MR) is 141 cm³/mol. The summed E-state index contributed by atoms with van der Waals surface area (Å²) in [5.74, 6) is -0.0461. The van der Waals surface area contributed by atoms with E-state index in [2.05, 4.69) is 0 Å². The van der Waals surface area contributed by atoms with Crippen LogP contribution in [0, 0.1) is 0 Å². The monoisotopic (exact) mass is 576 g/mol. The summed E-state index contributed by atoms with van der Waals surface area (Å²) in [4.78, 5) is 12.8. The van der Waals surface area contributed by atoms with E-state index in [0.29, 0.717) is 5.56 Å². The minimum atomic E-state index is -1.48. The highest BCUT2D eigenvalue weighted by Gasteiger charge is 2.43. The van der Waals surface area contributed by atoms with Crippen LogP contribution in [0.5, 0.6) is 23.0 Å². The van der Waals surface area contributed by atoms with Crippen molar-refractivity contribution in [2.45, 2.75) is 69.0 Å². The maximum absolute atomic E-state index is 12.8. The first-order valence-corrected chi connectivity index (χ1v) is 13.0. The van der Waals surface area contributed by atoms with E-state index in [1.54, 1.807) is 6.07 Å². The minimum absolute atomic E-state index is 0.0207. The van der Waals surface area contributed by atoms with Gasteiger partial charge in [-0.25, -0.2) is 0 Å². The molecule has 222 valence electrons. The van der Waals surface area contributed by atoms with Crippen molar-refractivity contribution in [2.24, 2.45) is 0 Å². The van der Waals surface area contributed by atoms with Gasteiger partial charge in [0.25, 0.3) is 0 Å². The maximum Gasteiger partial charge on any atom is 0.202 e. The van der Waals surface area contributed by atoms with Gasteiger partial charge in [-0.2, -0.15) is 0 Å². The molecule has 0 radical (unpaired) electrons. The molecule has 5 rings (SSSR count). The number of hydrogen-bond acceptors (Lipinski definition) is 13. The maximum atomic E-state index is 12.8. The Morgan fingerprint density at radius 2 is 1.71 bits per heavy atom. The predicted octanol–water partition coefficient (Wildman–Crippen LogP) is 0.969. The average Bonchev–Trinajstić information content (AvgIpc) is 2.92. The Bertz CT molecular complexity index is 1440. The normalized spacial score (nSPS) is 30.3. The Balaban J connectivity index is 1.31. The zero-order chi connectivity index (χ0) is 29.4. The highest BCUT2D eigenvalue weighted by molar-refractivity contribution is 5.86. The van der Waals surface area contributed by atoms with Gasteiger partial charge in [-0.05, 0) is 25.1 Å². The fourth-order valence-electron chi connectivity index (χ4n) is 4.93. The molecular weight excluding hydrogens is 544 g/mol. The third-order valence-corrected chi connectivity index (χ3v) is 7.11. The molecule has 2 aromatic carbocycles. The fourth-order valence-corrected chi connectivity index (χ4v) is 4.93. The highest BCUT2D eigenvalue weighted by atomic mass is 16.7. The van der Waals surface area contributed by atoms with Crippen molar-refractivity contribution in [3.05, 3.63) is 46.6 Å². The molecule has 13 heteroatoms. The molecule has 8 atom stereocenters. The lowest BCUT2D eigenvalue weighted by Gasteiger charge is -2.40. The average molecular weight is 577 g/mol. The van der Waals surface area contributed by atoms with Crippen LogP contribution in [0.3, 0.4) is 0 Å². The van der Waals surface area contributed by atoms with Crippen LogP contribution in [0.4, 0.5) is 0 Å². The summed E-state index contributed by atoms with van der Waals surface area (Å²) in [6.07, 6.45) is -8.38. The van der Waals surface area contributed by atoms with Crippen LogP contribution < -0.4 is 14.9 Å². The highest BCUT2D eigenvalue weighted by Crippen LogP contribution is 2.35. The van der Waals surface area contributed by atoms with E-state index in [1.807, 2.05) is 0 Å². The van der Waals surface area contributed by atoms with E-state index in [1.165, 1.54) is 44.4 Å². The van der Waals surface area contributed by atoms with E-state index in [0.717, 1.165) is 0 Å². The molecule has 0 saturated carbocycles. The lowest BCUT2D eigenvalue weighted by Crippen LogP contribution is -2.57. The number of aromatic hydroxyl groups is 2. The van der Waals surface area contributed by atoms with E-state index in [-0.39, 0.29) is 59.2 Å². The molecule has 13 nitrogen and oxygen atoms in total. The molecule has 0 amide bonds. The molecule has 0 aliphatic carbocycles. The molecule has 6 N–H and O–H groups in total. The van der Waals surface area contributed by atoms with Crippen LogP contribution in [0.15, 0.2) is 45.6 Å². The number of benzene rings is 2. The van der Waals surface area contributed by atoms with Gasteiger partial charge in [-0.1, -0.05) is 0 Å². The van der Waals surface area contributed by atoms with E-state index in [9.17, 15) is 35.4 Å². The van der Waals surface area contributed by atoms with Gasteiger partial charge in [-0.3, -0.25) is 4.79 Å². The third-order valence-electron chi connectivity index (χ3n) is 7.11.